The second-order valence-corrected chi connectivity index (χ2v) is 8.82. The molecule has 0 atom stereocenters. The molecule has 0 bridgehead atoms. The monoisotopic (exact) mass is 460 g/mol. The molecular formula is C16H14BrClN2O5S. The van der Waals surface area contributed by atoms with Crippen LogP contribution in [0, 0.1) is 0 Å². The fourth-order valence-electron chi connectivity index (χ4n) is 2.28. The highest BCUT2D eigenvalue weighted by Crippen LogP contribution is 2.39. The van der Waals surface area contributed by atoms with Gasteiger partial charge in [0.2, 0.25) is 22.7 Å². The standard InChI is InChI=1S/C16H14BrClN2O5S/c1-20(26(22,23)11-4-2-10(17)3-5-11)8-16(21)19-13-7-15-14(6-12(13)18)24-9-25-15/h2-7H,8-9H2,1H3,(H,19,21). The molecule has 0 aliphatic carbocycles. The Labute approximate surface area is 164 Å². The average Bonchev–Trinajstić information content (AvgIpc) is 3.02. The molecule has 3 rings (SSSR count). The van der Waals surface area contributed by atoms with Crippen LogP contribution in [-0.2, 0) is 14.8 Å². The molecule has 0 aromatic heterocycles. The third-order valence-corrected chi connectivity index (χ3v) is 6.28. The van der Waals surface area contributed by atoms with Crippen LogP contribution in [0.4, 0.5) is 5.69 Å². The first-order valence-corrected chi connectivity index (χ1v) is 9.99. The molecule has 138 valence electrons. The molecule has 7 nitrogen and oxygen atoms in total. The number of sulfonamides is 1. The largest absolute Gasteiger partial charge is 0.454 e. The molecule has 0 saturated heterocycles. The number of anilines is 1. The summed E-state index contributed by atoms with van der Waals surface area (Å²) in [7, 11) is -2.46. The Hall–Kier alpha value is -1.81. The van der Waals surface area contributed by atoms with Crippen LogP contribution in [-0.4, -0.2) is 39.0 Å². The Bertz CT molecular complexity index is 950. The van der Waals surface area contributed by atoms with Crippen LogP contribution in [0.1, 0.15) is 0 Å². The molecule has 2 aromatic rings. The number of hydrogen-bond acceptors (Lipinski definition) is 5. The van der Waals surface area contributed by atoms with Gasteiger partial charge >= 0.3 is 0 Å². The van der Waals surface area contributed by atoms with E-state index in [1.165, 1.54) is 31.3 Å². The molecule has 26 heavy (non-hydrogen) atoms. The van der Waals surface area contributed by atoms with Crippen molar-refractivity contribution in [1.29, 1.82) is 0 Å². The van der Waals surface area contributed by atoms with E-state index >= 15 is 0 Å². The van der Waals surface area contributed by atoms with Crippen LogP contribution in [0.15, 0.2) is 45.8 Å². The topological polar surface area (TPSA) is 84.9 Å². The molecule has 0 saturated carbocycles. The summed E-state index contributed by atoms with van der Waals surface area (Å²) in [5, 5.41) is 2.85. The van der Waals surface area contributed by atoms with Crippen LogP contribution in [0.25, 0.3) is 0 Å². The Morgan fingerprint density at radius 3 is 2.50 bits per heavy atom. The van der Waals surface area contributed by atoms with Crippen LogP contribution >= 0.6 is 27.5 Å². The Morgan fingerprint density at radius 2 is 1.85 bits per heavy atom. The third-order valence-electron chi connectivity index (χ3n) is 3.62. The minimum absolute atomic E-state index is 0.0806. The van der Waals surface area contributed by atoms with E-state index in [-0.39, 0.29) is 23.3 Å². The van der Waals surface area contributed by atoms with Gasteiger partial charge in [-0.2, -0.15) is 4.31 Å². The number of fused-ring (bicyclic) bond motifs is 1. The van der Waals surface area contributed by atoms with Gasteiger partial charge in [-0.3, -0.25) is 4.79 Å². The van der Waals surface area contributed by atoms with E-state index < -0.39 is 15.9 Å². The molecular weight excluding hydrogens is 448 g/mol. The van der Waals surface area contributed by atoms with Crippen molar-refractivity contribution < 1.29 is 22.7 Å². The van der Waals surface area contributed by atoms with Crippen molar-refractivity contribution in [1.82, 2.24) is 4.31 Å². The van der Waals surface area contributed by atoms with E-state index in [2.05, 4.69) is 21.2 Å². The van der Waals surface area contributed by atoms with Crippen molar-refractivity contribution in [2.75, 3.05) is 25.7 Å². The maximum Gasteiger partial charge on any atom is 0.243 e. The lowest BCUT2D eigenvalue weighted by atomic mass is 10.2. The molecule has 1 N–H and O–H groups in total. The second kappa shape index (κ2) is 7.43. The summed E-state index contributed by atoms with van der Waals surface area (Å²) in [4.78, 5) is 12.3. The molecule has 10 heteroatoms. The molecule has 1 aliphatic heterocycles. The molecule has 0 unspecified atom stereocenters. The van der Waals surface area contributed by atoms with Gasteiger partial charge in [-0.25, -0.2) is 8.42 Å². The highest BCUT2D eigenvalue weighted by molar-refractivity contribution is 9.10. The summed E-state index contributed by atoms with van der Waals surface area (Å²) in [6.07, 6.45) is 0. The fraction of sp³-hybridized carbons (Fsp3) is 0.188. The predicted molar refractivity (Wildman–Crippen MR) is 100 cm³/mol. The van der Waals surface area contributed by atoms with Gasteiger partial charge in [-0.1, -0.05) is 27.5 Å². The van der Waals surface area contributed by atoms with Crippen molar-refractivity contribution in [2.24, 2.45) is 0 Å². The molecule has 2 aromatic carbocycles. The lowest BCUT2D eigenvalue weighted by Gasteiger charge is -2.17. The minimum Gasteiger partial charge on any atom is -0.454 e. The number of amides is 1. The minimum atomic E-state index is -3.79. The summed E-state index contributed by atoms with van der Waals surface area (Å²) >= 11 is 9.35. The number of ether oxygens (including phenoxy) is 2. The highest BCUT2D eigenvalue weighted by Gasteiger charge is 2.24. The van der Waals surface area contributed by atoms with Gasteiger partial charge < -0.3 is 14.8 Å². The number of rotatable bonds is 5. The van der Waals surface area contributed by atoms with E-state index in [0.29, 0.717) is 17.2 Å². The lowest BCUT2D eigenvalue weighted by Crippen LogP contribution is -2.35. The molecule has 1 amide bonds. The van der Waals surface area contributed by atoms with Gasteiger partial charge in [0.05, 0.1) is 22.2 Å². The van der Waals surface area contributed by atoms with E-state index in [1.54, 1.807) is 12.1 Å². The van der Waals surface area contributed by atoms with Crippen LogP contribution in [0.2, 0.25) is 5.02 Å². The summed E-state index contributed by atoms with van der Waals surface area (Å²) in [5.74, 6) is 0.414. The Morgan fingerprint density at radius 1 is 1.23 bits per heavy atom. The van der Waals surface area contributed by atoms with Crippen molar-refractivity contribution in [3.05, 3.63) is 45.9 Å². The Kier molecular flexibility index (Phi) is 5.42. The van der Waals surface area contributed by atoms with Crippen molar-refractivity contribution in [3.8, 4) is 11.5 Å². The summed E-state index contributed by atoms with van der Waals surface area (Å²) in [6.45, 7) is -0.291. The first-order valence-electron chi connectivity index (χ1n) is 7.38. The van der Waals surface area contributed by atoms with E-state index in [9.17, 15) is 13.2 Å². The van der Waals surface area contributed by atoms with Crippen molar-refractivity contribution in [3.63, 3.8) is 0 Å². The fourth-order valence-corrected chi connectivity index (χ4v) is 3.87. The molecule has 0 spiro atoms. The number of nitrogens with one attached hydrogen (secondary N) is 1. The zero-order valence-electron chi connectivity index (χ0n) is 13.5. The van der Waals surface area contributed by atoms with Gasteiger partial charge in [-0.15, -0.1) is 0 Å². The molecule has 0 radical (unpaired) electrons. The summed E-state index contributed by atoms with van der Waals surface area (Å²) < 4.78 is 37.2. The second-order valence-electron chi connectivity index (χ2n) is 5.45. The van der Waals surface area contributed by atoms with Gasteiger partial charge in [0, 0.05) is 23.7 Å². The third kappa shape index (κ3) is 3.96. The van der Waals surface area contributed by atoms with Gasteiger partial charge in [-0.05, 0) is 24.3 Å². The number of hydrogen-bond donors (Lipinski definition) is 1. The predicted octanol–water partition coefficient (Wildman–Crippen LogP) is 3.09. The molecule has 1 heterocycles. The maximum absolute atomic E-state index is 12.5. The smallest absolute Gasteiger partial charge is 0.243 e. The quantitative estimate of drug-likeness (QED) is 0.740. The van der Waals surface area contributed by atoms with E-state index in [1.807, 2.05) is 0 Å². The first-order chi connectivity index (χ1) is 12.3. The van der Waals surface area contributed by atoms with Crippen LogP contribution in [0.3, 0.4) is 0 Å². The number of likely N-dealkylation sites (N-methyl/N-ethyl adjacent to an activating group) is 1. The Balaban J connectivity index is 1.71. The molecule has 1 aliphatic rings. The van der Waals surface area contributed by atoms with Crippen molar-refractivity contribution >= 4 is 49.1 Å². The van der Waals surface area contributed by atoms with Gasteiger partial charge in [0.25, 0.3) is 0 Å². The zero-order chi connectivity index (χ0) is 18.9. The number of nitrogens with zero attached hydrogens (tertiary/aromatic N) is 1. The van der Waals surface area contributed by atoms with Gasteiger partial charge in [0.1, 0.15) is 0 Å². The number of carbonyl (C=O) groups is 1. The normalized spacial score (nSPS) is 13.1. The first kappa shape index (κ1) is 19.0. The van der Waals surface area contributed by atoms with Crippen LogP contribution in [0.5, 0.6) is 11.5 Å². The van der Waals surface area contributed by atoms with Gasteiger partial charge in [0.15, 0.2) is 11.5 Å². The van der Waals surface area contributed by atoms with Crippen LogP contribution < -0.4 is 14.8 Å². The average molecular weight is 462 g/mol. The number of halogens is 2. The van der Waals surface area contributed by atoms with E-state index in [0.717, 1.165) is 8.78 Å². The molecule has 0 fully saturated rings. The number of benzene rings is 2. The zero-order valence-corrected chi connectivity index (χ0v) is 16.7. The lowest BCUT2D eigenvalue weighted by molar-refractivity contribution is -0.116. The number of carbonyl (C=O) groups excluding carboxylic acids is 1. The SMILES string of the molecule is CN(CC(=O)Nc1cc2c(cc1Cl)OCO2)S(=O)(=O)c1ccc(Br)cc1. The highest BCUT2D eigenvalue weighted by atomic mass is 79.9. The van der Waals surface area contributed by atoms with E-state index in [4.69, 9.17) is 21.1 Å². The maximum atomic E-state index is 12.5. The summed E-state index contributed by atoms with van der Waals surface area (Å²) in [5.41, 5.74) is 0.315. The summed E-state index contributed by atoms with van der Waals surface area (Å²) in [6, 6.07) is 9.22. The van der Waals surface area contributed by atoms with Crippen molar-refractivity contribution in [2.45, 2.75) is 4.90 Å².